The van der Waals surface area contributed by atoms with Crippen LogP contribution >= 0.6 is 0 Å². The average molecular weight is 712 g/mol. The van der Waals surface area contributed by atoms with Crippen molar-refractivity contribution in [2.24, 2.45) is 0 Å². The van der Waals surface area contributed by atoms with E-state index in [4.69, 9.17) is 19.2 Å². The molecular formula is C37H45N9O6. The van der Waals surface area contributed by atoms with Crippen LogP contribution in [-0.4, -0.2) is 123 Å². The van der Waals surface area contributed by atoms with E-state index in [-0.39, 0.29) is 29.5 Å². The minimum Gasteiger partial charge on any atom is -0.490 e. The summed E-state index contributed by atoms with van der Waals surface area (Å²) in [5.41, 5.74) is 2.18. The smallest absolute Gasteiger partial charge is 0.381 e. The Labute approximate surface area is 301 Å². The van der Waals surface area contributed by atoms with E-state index in [1.54, 1.807) is 12.4 Å². The van der Waals surface area contributed by atoms with Crippen molar-refractivity contribution in [3.05, 3.63) is 48.2 Å². The number of piperazine rings is 2. The van der Waals surface area contributed by atoms with Crippen LogP contribution in [0.2, 0.25) is 0 Å². The summed E-state index contributed by atoms with van der Waals surface area (Å²) in [6.07, 6.45) is 6.44. The largest absolute Gasteiger partial charge is 0.490 e. The van der Waals surface area contributed by atoms with E-state index in [9.17, 15) is 14.7 Å². The molecule has 0 bridgehead atoms. The number of carbonyl (C=O) groups excluding carboxylic acids is 1. The molecule has 4 aromatic rings. The summed E-state index contributed by atoms with van der Waals surface area (Å²) in [5, 5.41) is 25.4. The van der Waals surface area contributed by atoms with Gasteiger partial charge in [0.1, 0.15) is 29.2 Å². The predicted molar refractivity (Wildman–Crippen MR) is 196 cm³/mol. The first kappa shape index (κ1) is 34.3. The van der Waals surface area contributed by atoms with Gasteiger partial charge in [0.15, 0.2) is 11.5 Å². The molecule has 5 N–H and O–H groups in total. The molecule has 0 amide bonds. The third kappa shape index (κ3) is 7.26. The molecule has 0 radical (unpaired) electrons. The molecule has 0 saturated carbocycles. The Morgan fingerprint density at radius 2 is 1.27 bits per heavy atom. The van der Waals surface area contributed by atoms with E-state index in [0.29, 0.717) is 35.5 Å². The maximum Gasteiger partial charge on any atom is 0.381 e. The zero-order valence-electron chi connectivity index (χ0n) is 29.2. The Morgan fingerprint density at radius 1 is 0.673 bits per heavy atom. The lowest BCUT2D eigenvalue weighted by molar-refractivity contribution is 0.0685. The summed E-state index contributed by atoms with van der Waals surface area (Å²) < 4.78 is 19.3. The van der Waals surface area contributed by atoms with Crippen LogP contribution in [0.4, 0.5) is 11.4 Å². The zero-order valence-corrected chi connectivity index (χ0v) is 29.2. The highest BCUT2D eigenvalue weighted by Gasteiger charge is 2.28. The highest BCUT2D eigenvalue weighted by Crippen LogP contribution is 2.44. The van der Waals surface area contributed by atoms with Crippen LogP contribution in [0.5, 0.6) is 17.2 Å². The minimum absolute atomic E-state index is 0.0760. The van der Waals surface area contributed by atoms with E-state index in [1.165, 1.54) is 6.07 Å². The molecule has 0 unspecified atom stereocenters. The lowest BCUT2D eigenvalue weighted by Gasteiger charge is -2.32. The second-order valence-electron chi connectivity index (χ2n) is 13.7. The number of nitrogens with one attached hydrogen (secondary N) is 4. The van der Waals surface area contributed by atoms with Crippen LogP contribution in [0.25, 0.3) is 21.7 Å². The monoisotopic (exact) mass is 711 g/mol. The molecule has 52 heavy (non-hydrogen) atoms. The van der Waals surface area contributed by atoms with Gasteiger partial charge in [-0.2, -0.15) is 0 Å². The first-order valence-electron chi connectivity index (χ1n) is 18.4. The second kappa shape index (κ2) is 15.4. The van der Waals surface area contributed by atoms with Crippen molar-refractivity contribution in [1.82, 2.24) is 36.2 Å². The number of ether oxygens (including phenoxy) is 3. The van der Waals surface area contributed by atoms with Crippen molar-refractivity contribution in [3.63, 3.8) is 0 Å². The second-order valence-corrected chi connectivity index (χ2v) is 13.7. The third-order valence-corrected chi connectivity index (χ3v) is 10.3. The molecule has 4 aliphatic heterocycles. The van der Waals surface area contributed by atoms with Gasteiger partial charge < -0.3 is 50.4 Å². The summed E-state index contributed by atoms with van der Waals surface area (Å²) in [5.74, 6) is -0.822. The summed E-state index contributed by atoms with van der Waals surface area (Å²) in [6.45, 7) is 9.59. The van der Waals surface area contributed by atoms with Crippen LogP contribution in [0, 0.1) is 0 Å². The standard InChI is InChI=1S/C37H45N9O6/c47-36(48)28-19-25-26(21-42-28)30(46-17-13-41-14-18-46)20-32(34(25)51-24-5-9-39-10-6-24)52-37(49)35-43-22-27-31(50-23-3-7-38-8-4-23)2-1-29(33(27)44-35)45-15-11-40-12-16-45/h1-2,19-24,38-41H,3-18H2,(H,47,48). The van der Waals surface area contributed by atoms with Crippen molar-refractivity contribution in [2.45, 2.75) is 37.9 Å². The fourth-order valence-corrected chi connectivity index (χ4v) is 7.49. The zero-order chi connectivity index (χ0) is 35.4. The van der Waals surface area contributed by atoms with Crippen LogP contribution < -0.4 is 45.3 Å². The van der Waals surface area contributed by atoms with Gasteiger partial charge in [0.25, 0.3) is 0 Å². The first-order valence-corrected chi connectivity index (χ1v) is 18.4. The van der Waals surface area contributed by atoms with Gasteiger partial charge in [0, 0.05) is 81.6 Å². The van der Waals surface area contributed by atoms with E-state index >= 15 is 0 Å². The molecule has 0 atom stereocenters. The molecule has 6 heterocycles. The highest BCUT2D eigenvalue weighted by atomic mass is 16.6. The maximum atomic E-state index is 14.2. The quantitative estimate of drug-likeness (QED) is 0.126. The van der Waals surface area contributed by atoms with Crippen molar-refractivity contribution in [1.29, 1.82) is 0 Å². The number of nitrogens with zero attached hydrogens (tertiary/aromatic N) is 5. The molecule has 274 valence electrons. The molecule has 0 aliphatic carbocycles. The molecule has 2 aromatic carbocycles. The van der Waals surface area contributed by atoms with Crippen molar-refractivity contribution in [2.75, 3.05) is 88.3 Å². The normalized spacial score (nSPS) is 19.2. The number of anilines is 2. The lowest BCUT2D eigenvalue weighted by atomic mass is 10.0. The topological polar surface area (TPSA) is 175 Å². The van der Waals surface area contributed by atoms with Crippen LogP contribution in [0.3, 0.4) is 0 Å². The molecule has 4 saturated heterocycles. The number of esters is 1. The Bertz CT molecular complexity index is 1940. The number of pyridine rings is 1. The number of carbonyl (C=O) groups is 2. The number of hydrogen-bond donors (Lipinski definition) is 5. The molecule has 2 aromatic heterocycles. The highest BCUT2D eigenvalue weighted by molar-refractivity contribution is 6.04. The number of carboxylic acids is 1. The van der Waals surface area contributed by atoms with Crippen LogP contribution in [-0.2, 0) is 0 Å². The van der Waals surface area contributed by atoms with Crippen LogP contribution in [0.15, 0.2) is 36.7 Å². The Balaban J connectivity index is 1.20. The van der Waals surface area contributed by atoms with Crippen LogP contribution in [0.1, 0.15) is 46.8 Å². The van der Waals surface area contributed by atoms with E-state index in [0.717, 1.165) is 113 Å². The Morgan fingerprint density at radius 3 is 1.92 bits per heavy atom. The number of piperidine rings is 2. The van der Waals surface area contributed by atoms with Crippen molar-refractivity contribution in [3.8, 4) is 17.2 Å². The fourth-order valence-electron chi connectivity index (χ4n) is 7.49. The predicted octanol–water partition coefficient (Wildman–Crippen LogP) is 2.18. The SMILES string of the molecule is O=C(O)c1cc2c(OC3CCNCC3)c(OC(=O)c3ncc4c(OC5CCNCC5)ccc(N5CCNCC5)c4n3)cc(N3CCNCC3)c2cn1. The number of hydrogen-bond acceptors (Lipinski definition) is 14. The number of benzene rings is 2. The van der Waals surface area contributed by atoms with Crippen molar-refractivity contribution >= 4 is 45.0 Å². The fraction of sp³-hybridized carbons (Fsp3) is 0.486. The van der Waals surface area contributed by atoms with Gasteiger partial charge in [-0.1, -0.05) is 0 Å². The van der Waals surface area contributed by atoms with Gasteiger partial charge in [-0.15, -0.1) is 0 Å². The number of fused-ring (bicyclic) bond motifs is 2. The molecule has 8 rings (SSSR count). The minimum atomic E-state index is -1.16. The number of aromatic carboxylic acids is 1. The van der Waals surface area contributed by atoms with E-state index in [2.05, 4.69) is 41.0 Å². The molecule has 15 heteroatoms. The van der Waals surface area contributed by atoms with E-state index < -0.39 is 11.9 Å². The van der Waals surface area contributed by atoms with Gasteiger partial charge >= 0.3 is 11.9 Å². The summed E-state index contributed by atoms with van der Waals surface area (Å²) in [6, 6.07) is 7.32. The molecule has 4 aliphatic rings. The van der Waals surface area contributed by atoms with Gasteiger partial charge in [-0.05, 0) is 70.1 Å². The number of rotatable bonds is 9. The number of carboxylic acid groups (broad SMARTS) is 1. The summed E-state index contributed by atoms with van der Waals surface area (Å²) in [4.78, 5) is 44.4. The van der Waals surface area contributed by atoms with E-state index in [1.807, 2.05) is 18.2 Å². The van der Waals surface area contributed by atoms with Gasteiger partial charge in [-0.3, -0.25) is 0 Å². The summed E-state index contributed by atoms with van der Waals surface area (Å²) in [7, 11) is 0. The van der Waals surface area contributed by atoms with Gasteiger partial charge in [0.05, 0.1) is 16.8 Å². The maximum absolute atomic E-state index is 14.2. The Hall–Kier alpha value is -4.83. The lowest BCUT2D eigenvalue weighted by Crippen LogP contribution is -2.43. The third-order valence-electron chi connectivity index (χ3n) is 10.3. The molecule has 0 spiro atoms. The first-order chi connectivity index (χ1) is 25.5. The average Bonchev–Trinajstić information content (AvgIpc) is 3.19. The van der Waals surface area contributed by atoms with Crippen molar-refractivity contribution < 1.29 is 28.9 Å². The molecule has 15 nitrogen and oxygen atoms in total. The number of aromatic nitrogens is 3. The molecular weight excluding hydrogens is 666 g/mol. The Kier molecular flexibility index (Phi) is 10.2. The summed E-state index contributed by atoms with van der Waals surface area (Å²) >= 11 is 0. The van der Waals surface area contributed by atoms with Gasteiger partial charge in [0.2, 0.25) is 5.82 Å². The van der Waals surface area contributed by atoms with Gasteiger partial charge in [-0.25, -0.2) is 24.5 Å². The molecule has 4 fully saturated rings.